The van der Waals surface area contributed by atoms with Crippen LogP contribution in [0.25, 0.3) is 27.2 Å². The summed E-state index contributed by atoms with van der Waals surface area (Å²) in [6.45, 7) is 0. The maximum Gasteiger partial charge on any atom is 0.241 e. The number of nitrogens with zero attached hydrogens (tertiary/aromatic N) is 3. The van der Waals surface area contributed by atoms with Gasteiger partial charge >= 0.3 is 0 Å². The van der Waals surface area contributed by atoms with Crippen LogP contribution < -0.4 is 5.73 Å². The number of thiazole rings is 1. The topological polar surface area (TPSA) is 69.3 Å². The van der Waals surface area contributed by atoms with Crippen molar-refractivity contribution in [2.75, 3.05) is 5.73 Å². The SMILES string of the molecule is Nc1nc2scc(-c3coc4ccccc34)n2n1. The zero-order valence-electron chi connectivity index (χ0n) is 9.20. The molecule has 0 atom stereocenters. The van der Waals surface area contributed by atoms with Gasteiger partial charge in [-0.2, -0.15) is 4.98 Å². The lowest BCUT2D eigenvalue weighted by Crippen LogP contribution is -1.90. The van der Waals surface area contributed by atoms with Crippen LogP contribution in [0.4, 0.5) is 5.95 Å². The van der Waals surface area contributed by atoms with Crippen LogP contribution in [0.15, 0.2) is 40.3 Å². The summed E-state index contributed by atoms with van der Waals surface area (Å²) in [6, 6.07) is 7.91. The highest BCUT2D eigenvalue weighted by atomic mass is 32.1. The molecule has 0 spiro atoms. The molecule has 2 N–H and O–H groups in total. The van der Waals surface area contributed by atoms with Crippen LogP contribution in [-0.2, 0) is 0 Å². The number of nitrogen functional groups attached to an aromatic ring is 1. The molecule has 0 amide bonds. The molecule has 0 aliphatic heterocycles. The molecule has 0 saturated heterocycles. The zero-order chi connectivity index (χ0) is 12.1. The number of anilines is 1. The van der Waals surface area contributed by atoms with Gasteiger partial charge in [0, 0.05) is 16.3 Å². The number of hydrogen-bond acceptors (Lipinski definition) is 5. The molecule has 0 aliphatic carbocycles. The largest absolute Gasteiger partial charge is 0.464 e. The summed E-state index contributed by atoms with van der Waals surface area (Å²) in [7, 11) is 0. The molecular weight excluding hydrogens is 248 g/mol. The summed E-state index contributed by atoms with van der Waals surface area (Å²) in [5, 5.41) is 7.26. The third kappa shape index (κ3) is 1.20. The van der Waals surface area contributed by atoms with Gasteiger partial charge in [0.2, 0.25) is 10.9 Å². The number of hydrogen-bond donors (Lipinski definition) is 1. The van der Waals surface area contributed by atoms with E-state index in [1.807, 2.05) is 29.6 Å². The second-order valence-electron chi connectivity index (χ2n) is 3.93. The first kappa shape index (κ1) is 9.67. The van der Waals surface area contributed by atoms with Crippen molar-refractivity contribution >= 4 is 33.2 Å². The van der Waals surface area contributed by atoms with Crippen molar-refractivity contribution in [1.82, 2.24) is 14.6 Å². The van der Waals surface area contributed by atoms with Crippen LogP contribution in [0.1, 0.15) is 0 Å². The minimum Gasteiger partial charge on any atom is -0.464 e. The monoisotopic (exact) mass is 256 g/mol. The molecule has 3 aromatic heterocycles. The number of fused-ring (bicyclic) bond motifs is 2. The summed E-state index contributed by atoms with van der Waals surface area (Å²) in [4.78, 5) is 4.93. The molecule has 0 saturated carbocycles. The van der Waals surface area contributed by atoms with Crippen molar-refractivity contribution in [2.45, 2.75) is 0 Å². The molecule has 1 aromatic carbocycles. The summed E-state index contributed by atoms with van der Waals surface area (Å²) >= 11 is 1.51. The van der Waals surface area contributed by atoms with Crippen LogP contribution >= 0.6 is 11.3 Å². The van der Waals surface area contributed by atoms with Gasteiger partial charge in [0.15, 0.2) is 0 Å². The van der Waals surface area contributed by atoms with E-state index >= 15 is 0 Å². The molecule has 4 aromatic rings. The molecule has 0 radical (unpaired) electrons. The van der Waals surface area contributed by atoms with Gasteiger partial charge in [-0.15, -0.1) is 16.4 Å². The highest BCUT2D eigenvalue weighted by Gasteiger charge is 2.14. The predicted molar refractivity (Wildman–Crippen MR) is 70.5 cm³/mol. The van der Waals surface area contributed by atoms with Gasteiger partial charge < -0.3 is 10.2 Å². The molecule has 18 heavy (non-hydrogen) atoms. The first-order chi connectivity index (χ1) is 8.83. The number of para-hydroxylation sites is 1. The van der Waals surface area contributed by atoms with Crippen molar-refractivity contribution in [3.05, 3.63) is 35.9 Å². The highest BCUT2D eigenvalue weighted by molar-refractivity contribution is 7.15. The molecular formula is C12H8N4OS. The van der Waals surface area contributed by atoms with E-state index < -0.39 is 0 Å². The van der Waals surface area contributed by atoms with Crippen LogP contribution in [-0.4, -0.2) is 14.6 Å². The van der Waals surface area contributed by atoms with Gasteiger partial charge in [-0.25, -0.2) is 4.52 Å². The maximum absolute atomic E-state index is 5.61. The highest BCUT2D eigenvalue weighted by Crippen LogP contribution is 2.32. The van der Waals surface area contributed by atoms with E-state index in [0.717, 1.165) is 27.2 Å². The Morgan fingerprint density at radius 1 is 1.28 bits per heavy atom. The number of furan rings is 1. The van der Waals surface area contributed by atoms with E-state index in [0.29, 0.717) is 0 Å². The predicted octanol–water partition coefficient (Wildman–Crippen LogP) is 2.79. The van der Waals surface area contributed by atoms with E-state index in [9.17, 15) is 0 Å². The lowest BCUT2D eigenvalue weighted by Gasteiger charge is -1.94. The molecule has 0 bridgehead atoms. The fourth-order valence-electron chi connectivity index (χ4n) is 2.06. The number of aromatic nitrogens is 3. The summed E-state index contributed by atoms with van der Waals surface area (Å²) < 4.78 is 7.29. The van der Waals surface area contributed by atoms with Gasteiger partial charge in [0.05, 0.1) is 5.69 Å². The zero-order valence-corrected chi connectivity index (χ0v) is 10.0. The van der Waals surface area contributed by atoms with E-state index in [1.165, 1.54) is 11.3 Å². The summed E-state index contributed by atoms with van der Waals surface area (Å²) in [6.07, 6.45) is 1.74. The fourth-order valence-corrected chi connectivity index (χ4v) is 2.89. The Hall–Kier alpha value is -2.34. The van der Waals surface area contributed by atoms with Gasteiger partial charge in [0.25, 0.3) is 0 Å². The standard InChI is InChI=1S/C12H8N4OS/c13-11-14-12-16(15-11)9(6-18-12)8-5-17-10-4-2-1-3-7(8)10/h1-6H,(H2,13,15). The van der Waals surface area contributed by atoms with Gasteiger partial charge in [-0.3, -0.25) is 0 Å². The fraction of sp³-hybridized carbons (Fsp3) is 0. The van der Waals surface area contributed by atoms with Crippen LogP contribution in [0.3, 0.4) is 0 Å². The molecule has 5 nitrogen and oxygen atoms in total. The summed E-state index contributed by atoms with van der Waals surface area (Å²) in [5.41, 5.74) is 8.42. The molecule has 0 aliphatic rings. The molecule has 0 unspecified atom stereocenters. The van der Waals surface area contributed by atoms with Crippen LogP contribution in [0.2, 0.25) is 0 Å². The molecule has 6 heteroatoms. The normalized spacial score (nSPS) is 11.6. The van der Waals surface area contributed by atoms with Gasteiger partial charge in [-0.1, -0.05) is 18.2 Å². The molecule has 88 valence electrons. The summed E-state index contributed by atoms with van der Waals surface area (Å²) in [5.74, 6) is 0.288. The van der Waals surface area contributed by atoms with Gasteiger partial charge in [0.1, 0.15) is 11.8 Å². The Balaban J connectivity index is 2.07. The number of nitrogens with two attached hydrogens (primary N) is 1. The Morgan fingerprint density at radius 3 is 3.11 bits per heavy atom. The van der Waals surface area contributed by atoms with Crippen molar-refractivity contribution < 1.29 is 4.42 Å². The van der Waals surface area contributed by atoms with E-state index in [-0.39, 0.29) is 5.95 Å². The Labute approximate surface area is 105 Å². The molecule has 4 rings (SSSR count). The van der Waals surface area contributed by atoms with E-state index in [4.69, 9.17) is 10.2 Å². The Morgan fingerprint density at radius 2 is 2.17 bits per heavy atom. The lowest BCUT2D eigenvalue weighted by atomic mass is 10.1. The van der Waals surface area contributed by atoms with Crippen molar-refractivity contribution in [3.63, 3.8) is 0 Å². The lowest BCUT2D eigenvalue weighted by molar-refractivity contribution is 0.616. The third-order valence-corrected chi connectivity index (χ3v) is 3.67. The Bertz CT molecular complexity index is 857. The van der Waals surface area contributed by atoms with Crippen LogP contribution in [0, 0.1) is 0 Å². The van der Waals surface area contributed by atoms with E-state index in [2.05, 4.69) is 10.1 Å². The van der Waals surface area contributed by atoms with Crippen molar-refractivity contribution in [1.29, 1.82) is 0 Å². The first-order valence-electron chi connectivity index (χ1n) is 5.39. The quantitative estimate of drug-likeness (QED) is 0.568. The number of rotatable bonds is 1. The minimum atomic E-state index is 0.288. The average Bonchev–Trinajstić information content (AvgIpc) is 3.02. The second kappa shape index (κ2) is 3.33. The molecule has 3 heterocycles. The van der Waals surface area contributed by atoms with Crippen molar-refractivity contribution in [3.8, 4) is 11.3 Å². The molecule has 0 fully saturated rings. The maximum atomic E-state index is 5.61. The van der Waals surface area contributed by atoms with Gasteiger partial charge in [-0.05, 0) is 6.07 Å². The number of benzene rings is 1. The second-order valence-corrected chi connectivity index (χ2v) is 4.77. The third-order valence-electron chi connectivity index (χ3n) is 2.85. The average molecular weight is 256 g/mol. The Kier molecular flexibility index (Phi) is 1.79. The van der Waals surface area contributed by atoms with Crippen molar-refractivity contribution in [2.24, 2.45) is 0 Å². The first-order valence-corrected chi connectivity index (χ1v) is 6.27. The smallest absolute Gasteiger partial charge is 0.241 e. The minimum absolute atomic E-state index is 0.288. The van der Waals surface area contributed by atoms with Crippen LogP contribution in [0.5, 0.6) is 0 Å². The van der Waals surface area contributed by atoms with E-state index in [1.54, 1.807) is 10.8 Å².